The van der Waals surface area contributed by atoms with E-state index in [9.17, 15) is 9.90 Å². The van der Waals surface area contributed by atoms with Crippen LogP contribution in [0.5, 0.6) is 0 Å². The quantitative estimate of drug-likeness (QED) is 0.888. The number of hydrogen-bond donors (Lipinski definition) is 2. The fourth-order valence-corrected chi connectivity index (χ4v) is 2.65. The molecule has 0 unspecified atom stereocenters. The Hall–Kier alpha value is -0.460. The molecular formula is C9H11BrN2O2S. The van der Waals surface area contributed by atoms with E-state index in [0.29, 0.717) is 5.69 Å². The Morgan fingerprint density at radius 3 is 2.87 bits per heavy atom. The highest BCUT2D eigenvalue weighted by Gasteiger charge is 2.38. The summed E-state index contributed by atoms with van der Waals surface area (Å²) < 4.78 is 0.729. The van der Waals surface area contributed by atoms with Gasteiger partial charge in [0.05, 0.1) is 17.7 Å². The molecule has 0 atom stereocenters. The minimum atomic E-state index is -0.403. The van der Waals surface area contributed by atoms with Gasteiger partial charge >= 0.3 is 0 Å². The first kappa shape index (κ1) is 11.0. The molecule has 4 nitrogen and oxygen atoms in total. The number of carbonyl (C=O) groups is 1. The van der Waals surface area contributed by atoms with Crippen LogP contribution in [-0.2, 0) is 0 Å². The molecule has 0 radical (unpaired) electrons. The lowest BCUT2D eigenvalue weighted by Crippen LogP contribution is -2.56. The van der Waals surface area contributed by atoms with Gasteiger partial charge in [-0.3, -0.25) is 4.79 Å². The monoisotopic (exact) mass is 290 g/mol. The molecule has 15 heavy (non-hydrogen) atoms. The van der Waals surface area contributed by atoms with Crippen LogP contribution in [0.25, 0.3) is 0 Å². The topological polar surface area (TPSA) is 62.2 Å². The molecule has 1 saturated carbocycles. The van der Waals surface area contributed by atoms with Gasteiger partial charge in [0.25, 0.3) is 5.91 Å². The fourth-order valence-electron chi connectivity index (χ4n) is 1.61. The fraction of sp³-hybridized carbons (Fsp3) is 0.556. The smallest absolute Gasteiger partial charge is 0.272 e. The summed E-state index contributed by atoms with van der Waals surface area (Å²) in [6.07, 6.45) is 2.74. The van der Waals surface area contributed by atoms with Gasteiger partial charge in [-0.2, -0.15) is 0 Å². The Labute approximate surface area is 99.8 Å². The number of thiazole rings is 1. The van der Waals surface area contributed by atoms with Crippen molar-refractivity contribution >= 4 is 33.2 Å². The Morgan fingerprint density at radius 2 is 2.47 bits per heavy atom. The Morgan fingerprint density at radius 1 is 1.73 bits per heavy atom. The van der Waals surface area contributed by atoms with Gasteiger partial charge in [-0.05, 0) is 35.2 Å². The van der Waals surface area contributed by atoms with E-state index in [4.69, 9.17) is 0 Å². The molecular weight excluding hydrogens is 280 g/mol. The number of hydrogen-bond acceptors (Lipinski definition) is 4. The second-order valence-electron chi connectivity index (χ2n) is 3.72. The first-order valence-electron chi connectivity index (χ1n) is 4.69. The van der Waals surface area contributed by atoms with Crippen molar-refractivity contribution in [2.45, 2.75) is 24.8 Å². The third kappa shape index (κ3) is 2.07. The maximum atomic E-state index is 11.8. The lowest BCUT2D eigenvalue weighted by atomic mass is 9.77. The SMILES string of the molecule is O=C(NC1(CO)CCC1)c1ncsc1Br. The number of halogens is 1. The summed E-state index contributed by atoms with van der Waals surface area (Å²) in [6, 6.07) is 0. The Balaban J connectivity index is 2.07. The van der Waals surface area contributed by atoms with Crippen LogP contribution in [0.2, 0.25) is 0 Å². The number of nitrogens with one attached hydrogen (secondary N) is 1. The molecule has 1 aromatic rings. The van der Waals surface area contributed by atoms with Crippen LogP contribution in [-0.4, -0.2) is 28.1 Å². The zero-order chi connectivity index (χ0) is 10.9. The zero-order valence-electron chi connectivity index (χ0n) is 7.99. The molecule has 0 aromatic carbocycles. The van der Waals surface area contributed by atoms with E-state index in [2.05, 4.69) is 26.2 Å². The largest absolute Gasteiger partial charge is 0.394 e. The average molecular weight is 291 g/mol. The van der Waals surface area contributed by atoms with Crippen molar-refractivity contribution in [3.05, 3.63) is 15.0 Å². The molecule has 1 aromatic heterocycles. The van der Waals surface area contributed by atoms with Gasteiger partial charge in [-0.25, -0.2) is 4.98 Å². The summed E-state index contributed by atoms with van der Waals surface area (Å²) in [6.45, 7) is 0.000492. The number of aliphatic hydroxyl groups is 1. The molecule has 0 spiro atoms. The number of carbonyl (C=O) groups excluding carboxylic acids is 1. The summed E-state index contributed by atoms with van der Waals surface area (Å²) >= 11 is 4.64. The van der Waals surface area contributed by atoms with Crippen LogP contribution in [0.15, 0.2) is 9.30 Å². The van der Waals surface area contributed by atoms with Crippen molar-refractivity contribution in [1.29, 1.82) is 0 Å². The van der Waals surface area contributed by atoms with Crippen LogP contribution >= 0.6 is 27.3 Å². The highest BCUT2D eigenvalue weighted by atomic mass is 79.9. The van der Waals surface area contributed by atoms with Crippen LogP contribution in [0, 0.1) is 0 Å². The molecule has 82 valence electrons. The Bertz CT molecular complexity index is 370. The van der Waals surface area contributed by atoms with Crippen molar-refractivity contribution in [2.24, 2.45) is 0 Å². The van der Waals surface area contributed by atoms with Crippen molar-refractivity contribution in [2.75, 3.05) is 6.61 Å². The van der Waals surface area contributed by atoms with E-state index >= 15 is 0 Å². The van der Waals surface area contributed by atoms with E-state index in [1.165, 1.54) is 11.3 Å². The third-order valence-electron chi connectivity index (χ3n) is 2.73. The van der Waals surface area contributed by atoms with Gasteiger partial charge in [0.15, 0.2) is 5.69 Å². The number of aliphatic hydroxyl groups excluding tert-OH is 1. The summed E-state index contributed by atoms with van der Waals surface area (Å²) in [4.78, 5) is 15.8. The van der Waals surface area contributed by atoms with E-state index in [0.717, 1.165) is 23.0 Å². The van der Waals surface area contributed by atoms with Gasteiger partial charge in [0.1, 0.15) is 3.79 Å². The van der Waals surface area contributed by atoms with Gasteiger partial charge in [0, 0.05) is 0 Å². The van der Waals surface area contributed by atoms with Gasteiger partial charge in [0.2, 0.25) is 0 Å². The van der Waals surface area contributed by atoms with E-state index in [1.54, 1.807) is 5.51 Å². The lowest BCUT2D eigenvalue weighted by Gasteiger charge is -2.40. The molecule has 0 aliphatic heterocycles. The summed E-state index contributed by atoms with van der Waals surface area (Å²) in [5.41, 5.74) is 1.62. The van der Waals surface area contributed by atoms with Gasteiger partial charge in [-0.1, -0.05) is 0 Å². The third-order valence-corrected chi connectivity index (χ3v) is 4.28. The zero-order valence-corrected chi connectivity index (χ0v) is 10.4. The predicted molar refractivity (Wildman–Crippen MR) is 60.9 cm³/mol. The normalized spacial score (nSPS) is 18.3. The van der Waals surface area contributed by atoms with Crippen LogP contribution in [0.1, 0.15) is 29.8 Å². The second-order valence-corrected chi connectivity index (χ2v) is 5.89. The van der Waals surface area contributed by atoms with Crippen molar-refractivity contribution < 1.29 is 9.90 Å². The first-order valence-corrected chi connectivity index (χ1v) is 6.36. The number of aromatic nitrogens is 1. The first-order chi connectivity index (χ1) is 7.17. The number of rotatable bonds is 3. The minimum Gasteiger partial charge on any atom is -0.394 e. The molecule has 1 heterocycles. The minimum absolute atomic E-state index is 0.000492. The van der Waals surface area contributed by atoms with Crippen LogP contribution in [0.4, 0.5) is 0 Å². The summed E-state index contributed by atoms with van der Waals surface area (Å²) in [5.74, 6) is -0.211. The molecule has 0 saturated heterocycles. The standard InChI is InChI=1S/C9H11BrN2O2S/c10-7-6(11-5-15-7)8(14)12-9(4-13)2-1-3-9/h5,13H,1-4H2,(H,12,14). The summed E-state index contributed by atoms with van der Waals surface area (Å²) in [7, 11) is 0. The van der Waals surface area contributed by atoms with E-state index in [1.807, 2.05) is 0 Å². The van der Waals surface area contributed by atoms with Gasteiger partial charge in [-0.15, -0.1) is 11.3 Å². The molecule has 2 N–H and O–H groups in total. The number of amides is 1. The molecule has 1 aliphatic rings. The maximum Gasteiger partial charge on any atom is 0.272 e. The predicted octanol–water partition coefficient (Wildman–Crippen LogP) is 1.55. The van der Waals surface area contributed by atoms with E-state index in [-0.39, 0.29) is 12.5 Å². The molecule has 1 amide bonds. The lowest BCUT2D eigenvalue weighted by molar-refractivity contribution is 0.0637. The molecule has 2 rings (SSSR count). The van der Waals surface area contributed by atoms with Crippen LogP contribution in [0.3, 0.4) is 0 Å². The van der Waals surface area contributed by atoms with Crippen LogP contribution < -0.4 is 5.32 Å². The van der Waals surface area contributed by atoms with Crippen molar-refractivity contribution in [1.82, 2.24) is 10.3 Å². The second kappa shape index (κ2) is 4.19. The number of nitrogens with zero attached hydrogens (tertiary/aromatic N) is 1. The van der Waals surface area contributed by atoms with Crippen molar-refractivity contribution in [3.8, 4) is 0 Å². The molecule has 1 fully saturated rings. The molecule has 6 heteroatoms. The van der Waals surface area contributed by atoms with Gasteiger partial charge < -0.3 is 10.4 Å². The average Bonchev–Trinajstić information content (AvgIpc) is 2.58. The van der Waals surface area contributed by atoms with E-state index < -0.39 is 5.54 Å². The molecule has 1 aliphatic carbocycles. The summed E-state index contributed by atoms with van der Waals surface area (Å²) in [5, 5.41) is 12.1. The molecule has 0 bridgehead atoms. The highest BCUT2D eigenvalue weighted by molar-refractivity contribution is 9.11. The Kier molecular flexibility index (Phi) is 3.08. The van der Waals surface area contributed by atoms with Crippen molar-refractivity contribution in [3.63, 3.8) is 0 Å². The highest BCUT2D eigenvalue weighted by Crippen LogP contribution is 2.32. The maximum absolute atomic E-state index is 11.8.